The molecule has 0 aromatic rings. The van der Waals surface area contributed by atoms with Gasteiger partial charge in [0.15, 0.2) is 0 Å². The number of hydrogen-bond acceptors (Lipinski definition) is 2. The van der Waals surface area contributed by atoms with Crippen LogP contribution in [-0.4, -0.2) is 74.0 Å². The van der Waals surface area contributed by atoms with Gasteiger partial charge in [-0.05, 0) is 0 Å². The molecule has 30 heavy (non-hydrogen) atoms. The van der Waals surface area contributed by atoms with Crippen LogP contribution in [-0.2, 0) is 8.85 Å². The molecule has 0 bridgehead atoms. The third kappa shape index (κ3) is 4.88. The Balaban J connectivity index is 7.60. The van der Waals surface area contributed by atoms with Crippen LogP contribution in [0.1, 0.15) is 27.7 Å². The van der Waals surface area contributed by atoms with Gasteiger partial charge in [0, 0.05) is 51.2 Å². The molecule has 0 aromatic carbocycles. The molecule has 0 aliphatic carbocycles. The van der Waals surface area contributed by atoms with Gasteiger partial charge in [-0.1, -0.05) is 117 Å². The second-order valence-electron chi connectivity index (χ2n) is 14.1. The molecule has 10 heteroatoms. The van der Waals surface area contributed by atoms with Crippen LogP contribution in [0.15, 0.2) is 0 Å². The average Bonchev–Trinajstić information content (AvgIpc) is 2.44. The van der Waals surface area contributed by atoms with Crippen molar-refractivity contribution < 1.29 is 8.85 Å². The maximum absolute atomic E-state index is 7.00. The minimum Gasteiger partial charge on any atom is -0.403 e. The molecule has 0 aromatic heterocycles. The molecule has 0 N–H and O–H groups in total. The molecule has 0 rings (SSSR count). The number of hydrogen-bond donors (Lipinski definition) is 0. The van der Waals surface area contributed by atoms with Gasteiger partial charge in [0.2, 0.25) is 0 Å². The minimum atomic E-state index is -2.35. The average molecular weight is 553 g/mol. The molecule has 0 atom stereocenters. The van der Waals surface area contributed by atoms with E-state index in [0.29, 0.717) is 0 Å². The zero-order valence-electron chi connectivity index (χ0n) is 24.0. The Hall–Kier alpha value is 1.66. The Bertz CT molecular complexity index is 533. The lowest BCUT2D eigenvalue weighted by molar-refractivity contribution is 0.285. The van der Waals surface area contributed by atoms with Crippen molar-refractivity contribution in [2.75, 3.05) is 14.2 Å². The monoisotopic (exact) mass is 552 g/mol. The van der Waals surface area contributed by atoms with E-state index in [1.807, 2.05) is 0 Å². The van der Waals surface area contributed by atoms with Gasteiger partial charge in [0.25, 0.3) is 7.60 Å². The predicted octanol–water partition coefficient (Wildman–Crippen LogP) is 6.88. The second kappa shape index (κ2) is 9.72. The molecule has 0 saturated carbocycles. The van der Waals surface area contributed by atoms with Crippen LogP contribution < -0.4 is 0 Å². The molecule has 0 unspecified atom stereocenters. The van der Waals surface area contributed by atoms with Crippen molar-refractivity contribution in [3.63, 3.8) is 0 Å². The molecule has 0 saturated heterocycles. The summed E-state index contributed by atoms with van der Waals surface area (Å²) in [5.41, 5.74) is 1.57. The van der Waals surface area contributed by atoms with Crippen LogP contribution in [0, 0.1) is 0 Å². The lowest BCUT2D eigenvalue weighted by Crippen LogP contribution is -2.94. The summed E-state index contributed by atoms with van der Waals surface area (Å²) < 4.78 is 14.0. The first-order chi connectivity index (χ1) is 13.0. The predicted molar refractivity (Wildman–Crippen MR) is 161 cm³/mol. The summed E-state index contributed by atoms with van der Waals surface area (Å²) in [6.07, 6.45) is 0. The van der Waals surface area contributed by atoms with Gasteiger partial charge >= 0.3 is 0 Å². The highest BCUT2D eigenvalue weighted by atomic mass is 30.2. The molecular formula is C20H56O2Si8. The van der Waals surface area contributed by atoms with Crippen molar-refractivity contribution in [3.05, 3.63) is 0 Å². The van der Waals surface area contributed by atoms with Gasteiger partial charge in [-0.25, -0.2) is 0 Å². The Morgan fingerprint density at radius 1 is 0.500 bits per heavy atom. The summed E-state index contributed by atoms with van der Waals surface area (Å²) in [6, 6.07) is 0. The van der Waals surface area contributed by atoms with Crippen LogP contribution >= 0.6 is 0 Å². The van der Waals surface area contributed by atoms with Gasteiger partial charge in [-0.3, -0.25) is 0 Å². The summed E-state index contributed by atoms with van der Waals surface area (Å²) in [4.78, 5) is 0. The fourth-order valence-electron chi connectivity index (χ4n) is 8.47. The molecule has 0 fully saturated rings. The highest BCUT2D eigenvalue weighted by molar-refractivity contribution is 8.03. The third-order valence-corrected chi connectivity index (χ3v) is 155. The van der Waals surface area contributed by atoms with Crippen molar-refractivity contribution in [3.8, 4) is 0 Å². The van der Waals surface area contributed by atoms with E-state index in [1.165, 1.54) is 0 Å². The highest BCUT2D eigenvalue weighted by Crippen LogP contribution is 2.48. The minimum absolute atomic E-state index is 0.747. The normalized spacial score (nSPS) is 16.0. The van der Waals surface area contributed by atoms with Crippen molar-refractivity contribution >= 4 is 59.8 Å². The quantitative estimate of drug-likeness (QED) is 0.260. The van der Waals surface area contributed by atoms with E-state index in [4.69, 9.17) is 8.85 Å². The standard InChI is InChI=1S/C20H56O2Si8/c1-19(2)28(24(7,8)9,25(10,11)12)23-30(21-5,22-6)29(20(3)4,26(13,14)15)27(16,17)18/h19-20H,1-18H3. The van der Waals surface area contributed by atoms with Crippen molar-refractivity contribution in [2.45, 2.75) is 117 Å². The van der Waals surface area contributed by atoms with Crippen molar-refractivity contribution in [1.82, 2.24) is 0 Å². The largest absolute Gasteiger partial charge is 0.403 e. The van der Waals surface area contributed by atoms with E-state index in [0.717, 1.165) is 19.6 Å². The first-order valence-electron chi connectivity index (χ1n) is 11.9. The van der Waals surface area contributed by atoms with Gasteiger partial charge in [-0.2, -0.15) is 0 Å². The number of rotatable bonds is 11. The second-order valence-corrected chi connectivity index (χ2v) is 89.6. The van der Waals surface area contributed by atoms with Crippen LogP contribution in [0.25, 0.3) is 0 Å². The van der Waals surface area contributed by atoms with E-state index in [2.05, 4.69) is 120 Å². The highest BCUT2D eigenvalue weighted by Gasteiger charge is 2.74. The van der Waals surface area contributed by atoms with Crippen LogP contribution in [0.4, 0.5) is 0 Å². The first-order valence-corrected chi connectivity index (χ1v) is 39.8. The van der Waals surface area contributed by atoms with E-state index in [1.54, 1.807) is 0 Å². The summed E-state index contributed by atoms with van der Waals surface area (Å²) in [5, 5.41) is 0. The Labute approximate surface area is 199 Å². The van der Waals surface area contributed by atoms with Crippen molar-refractivity contribution in [1.29, 1.82) is 0 Å². The summed E-state index contributed by atoms with van der Waals surface area (Å²) in [7, 11) is -2.92. The Morgan fingerprint density at radius 2 is 0.800 bits per heavy atom. The lowest BCUT2D eigenvalue weighted by atomic mass is 10.6. The summed E-state index contributed by atoms with van der Waals surface area (Å²) in [6.45, 7) is 39.3. The third-order valence-electron chi connectivity index (χ3n) is 7.92. The van der Waals surface area contributed by atoms with E-state index in [-0.39, 0.29) is 0 Å². The van der Waals surface area contributed by atoms with Gasteiger partial charge in [0.1, 0.15) is 0 Å². The molecule has 2 nitrogen and oxygen atoms in total. The molecular weight excluding hydrogens is 497 g/mol. The van der Waals surface area contributed by atoms with Crippen LogP contribution in [0.5, 0.6) is 0 Å². The zero-order valence-corrected chi connectivity index (χ0v) is 32.0. The summed E-state index contributed by atoms with van der Waals surface area (Å²) >= 11 is 0. The first kappa shape index (κ1) is 31.7. The molecule has 0 spiro atoms. The molecule has 0 heterocycles. The molecule has 0 amide bonds. The zero-order chi connectivity index (χ0) is 24.8. The SMILES string of the molecule is CO[Si](OC)([Si][Si](C(C)C)([Si](C)(C)C)[Si](C)(C)C)[Si](C(C)C)([Si](C)(C)C)[Si](C)(C)C. The molecule has 2 radical (unpaired) electrons. The summed E-state index contributed by atoms with van der Waals surface area (Å²) in [5.74, 6) is 0. The van der Waals surface area contributed by atoms with Crippen LogP contribution in [0.3, 0.4) is 0 Å². The Kier molecular flexibility index (Phi) is 10.3. The fourth-order valence-corrected chi connectivity index (χ4v) is 235. The lowest BCUT2D eigenvalue weighted by Gasteiger charge is -2.64. The van der Waals surface area contributed by atoms with Crippen LogP contribution in [0.2, 0.25) is 89.6 Å². The van der Waals surface area contributed by atoms with E-state index >= 15 is 0 Å². The van der Waals surface area contributed by atoms with E-state index < -0.39 is 51.2 Å². The maximum atomic E-state index is 7.00. The molecule has 180 valence electrons. The molecule has 0 aliphatic heterocycles. The molecule has 0 aliphatic rings. The smallest absolute Gasteiger partial charge is 0.282 e. The van der Waals surface area contributed by atoms with Gasteiger partial charge < -0.3 is 8.85 Å². The Morgan fingerprint density at radius 3 is 0.933 bits per heavy atom. The topological polar surface area (TPSA) is 18.5 Å². The van der Waals surface area contributed by atoms with Gasteiger partial charge in [-0.15, -0.1) is 0 Å². The van der Waals surface area contributed by atoms with Gasteiger partial charge in [0.05, 0.1) is 15.2 Å². The fraction of sp³-hybridized carbons (Fsp3) is 1.00. The maximum Gasteiger partial charge on any atom is 0.282 e. The van der Waals surface area contributed by atoms with Crippen molar-refractivity contribution in [2.24, 2.45) is 0 Å². The van der Waals surface area contributed by atoms with E-state index in [9.17, 15) is 0 Å².